The number of amides is 2. The molecule has 0 bridgehead atoms. The van der Waals surface area contributed by atoms with Gasteiger partial charge in [-0.3, -0.25) is 14.5 Å². The van der Waals surface area contributed by atoms with E-state index in [1.54, 1.807) is 4.90 Å². The van der Waals surface area contributed by atoms with Gasteiger partial charge in [0.2, 0.25) is 11.8 Å². The van der Waals surface area contributed by atoms with E-state index in [-0.39, 0.29) is 18.4 Å². The predicted molar refractivity (Wildman–Crippen MR) is 78.3 cm³/mol. The molecule has 2 rings (SSSR count). The first-order valence-corrected chi connectivity index (χ1v) is 7.88. The monoisotopic (exact) mass is 281 g/mol. The van der Waals surface area contributed by atoms with Crippen LogP contribution in [0.4, 0.5) is 0 Å². The molecule has 0 spiro atoms. The van der Waals surface area contributed by atoms with Crippen molar-refractivity contribution >= 4 is 11.8 Å². The van der Waals surface area contributed by atoms with E-state index in [0.29, 0.717) is 25.0 Å². The van der Waals surface area contributed by atoms with Crippen LogP contribution in [0.25, 0.3) is 0 Å². The van der Waals surface area contributed by atoms with Crippen molar-refractivity contribution in [2.45, 2.75) is 58.0 Å². The molecule has 5 nitrogen and oxygen atoms in total. The van der Waals surface area contributed by atoms with Crippen LogP contribution in [0, 0.1) is 0 Å². The van der Waals surface area contributed by atoms with E-state index in [0.717, 1.165) is 19.5 Å². The summed E-state index contributed by atoms with van der Waals surface area (Å²) in [6.45, 7) is 7.06. The number of hydrogen-bond donors (Lipinski definition) is 1. The van der Waals surface area contributed by atoms with Gasteiger partial charge in [-0.2, -0.15) is 0 Å². The highest BCUT2D eigenvalue weighted by atomic mass is 16.2. The highest BCUT2D eigenvalue weighted by molar-refractivity contribution is 5.85. The molecule has 2 heterocycles. The van der Waals surface area contributed by atoms with E-state index in [1.165, 1.54) is 19.3 Å². The quantitative estimate of drug-likeness (QED) is 0.817. The van der Waals surface area contributed by atoms with Crippen molar-refractivity contribution in [3.63, 3.8) is 0 Å². The van der Waals surface area contributed by atoms with Crippen LogP contribution in [0.15, 0.2) is 0 Å². The Hall–Kier alpha value is -1.10. The van der Waals surface area contributed by atoms with Gasteiger partial charge in [-0.1, -0.05) is 6.42 Å². The molecule has 20 heavy (non-hydrogen) atoms. The minimum absolute atomic E-state index is 0.0300. The predicted octanol–water partition coefficient (Wildman–Crippen LogP) is 0.988. The van der Waals surface area contributed by atoms with Crippen LogP contribution in [0.5, 0.6) is 0 Å². The Morgan fingerprint density at radius 3 is 2.55 bits per heavy atom. The summed E-state index contributed by atoms with van der Waals surface area (Å²) >= 11 is 0. The lowest BCUT2D eigenvalue weighted by atomic mass is 9.98. The molecule has 2 aliphatic rings. The Morgan fingerprint density at radius 2 is 1.95 bits per heavy atom. The van der Waals surface area contributed by atoms with Gasteiger partial charge in [-0.15, -0.1) is 0 Å². The second-order valence-electron chi connectivity index (χ2n) is 6.14. The SMILES string of the molecule is C[C@H]1CCC[C@H](C)N1CCNC(=O)CN1CCCC1=O. The summed E-state index contributed by atoms with van der Waals surface area (Å²) in [7, 11) is 0. The molecule has 2 amide bonds. The first-order valence-electron chi connectivity index (χ1n) is 7.88. The van der Waals surface area contributed by atoms with Crippen LogP contribution in [-0.4, -0.2) is 59.9 Å². The molecule has 0 aromatic rings. The molecule has 114 valence electrons. The normalized spacial score (nSPS) is 27.9. The summed E-state index contributed by atoms with van der Waals surface area (Å²) in [6.07, 6.45) is 5.29. The van der Waals surface area contributed by atoms with E-state index in [1.807, 2.05) is 0 Å². The fraction of sp³-hybridized carbons (Fsp3) is 0.867. The summed E-state index contributed by atoms with van der Waals surface area (Å²) in [6, 6.07) is 1.21. The van der Waals surface area contributed by atoms with E-state index < -0.39 is 0 Å². The number of hydrogen-bond acceptors (Lipinski definition) is 3. The average molecular weight is 281 g/mol. The second kappa shape index (κ2) is 7.07. The minimum Gasteiger partial charge on any atom is -0.353 e. The number of carbonyl (C=O) groups excluding carboxylic acids is 2. The van der Waals surface area contributed by atoms with Gasteiger partial charge in [0.05, 0.1) is 6.54 Å². The topological polar surface area (TPSA) is 52.7 Å². The number of carbonyl (C=O) groups is 2. The Kier molecular flexibility index (Phi) is 5.40. The lowest BCUT2D eigenvalue weighted by Gasteiger charge is -2.39. The zero-order valence-corrected chi connectivity index (χ0v) is 12.7. The van der Waals surface area contributed by atoms with Crippen LogP contribution in [0.3, 0.4) is 0 Å². The van der Waals surface area contributed by atoms with Gasteiger partial charge in [0.15, 0.2) is 0 Å². The van der Waals surface area contributed by atoms with Crippen LogP contribution >= 0.6 is 0 Å². The van der Waals surface area contributed by atoms with Crippen LogP contribution in [-0.2, 0) is 9.59 Å². The molecule has 2 atom stereocenters. The number of rotatable bonds is 5. The summed E-state index contributed by atoms with van der Waals surface area (Å²) in [5.74, 6) is 0.0796. The third-order valence-corrected chi connectivity index (χ3v) is 4.57. The molecule has 0 radical (unpaired) electrons. The molecular formula is C15H27N3O2. The summed E-state index contributed by atoms with van der Waals surface area (Å²) in [5, 5.41) is 2.94. The van der Waals surface area contributed by atoms with Gasteiger partial charge in [0.1, 0.15) is 0 Å². The first kappa shape index (κ1) is 15.3. The van der Waals surface area contributed by atoms with Crippen molar-refractivity contribution in [3.05, 3.63) is 0 Å². The average Bonchev–Trinajstić information content (AvgIpc) is 2.79. The van der Waals surface area contributed by atoms with Gasteiger partial charge in [-0.05, 0) is 33.1 Å². The summed E-state index contributed by atoms with van der Waals surface area (Å²) in [5.41, 5.74) is 0. The Labute approximate surface area is 121 Å². The van der Waals surface area contributed by atoms with Crippen LogP contribution < -0.4 is 5.32 Å². The Morgan fingerprint density at radius 1 is 1.25 bits per heavy atom. The van der Waals surface area contributed by atoms with Crippen LogP contribution in [0.1, 0.15) is 46.0 Å². The third-order valence-electron chi connectivity index (χ3n) is 4.57. The summed E-state index contributed by atoms with van der Waals surface area (Å²) in [4.78, 5) is 27.4. The lowest BCUT2D eigenvalue weighted by Crippen LogP contribution is -2.48. The van der Waals surface area contributed by atoms with Gasteiger partial charge < -0.3 is 10.2 Å². The van der Waals surface area contributed by atoms with Gasteiger partial charge in [-0.25, -0.2) is 0 Å². The van der Waals surface area contributed by atoms with Gasteiger partial charge >= 0.3 is 0 Å². The Balaban J connectivity index is 1.67. The van der Waals surface area contributed by atoms with Crippen molar-refractivity contribution in [2.75, 3.05) is 26.2 Å². The third kappa shape index (κ3) is 3.95. The smallest absolute Gasteiger partial charge is 0.239 e. The van der Waals surface area contributed by atoms with Crippen molar-refractivity contribution in [2.24, 2.45) is 0 Å². The molecule has 0 unspecified atom stereocenters. The highest BCUT2D eigenvalue weighted by Crippen LogP contribution is 2.21. The maximum atomic E-state index is 11.8. The molecule has 2 fully saturated rings. The van der Waals surface area contributed by atoms with E-state index in [9.17, 15) is 9.59 Å². The molecule has 2 aliphatic heterocycles. The standard InChI is InChI=1S/C15H27N3O2/c1-12-5-3-6-13(2)18(12)10-8-16-14(19)11-17-9-4-7-15(17)20/h12-13H,3-11H2,1-2H3,(H,16,19)/t12-,13-/m0/s1. The maximum Gasteiger partial charge on any atom is 0.239 e. The van der Waals surface area contributed by atoms with Gasteiger partial charge in [0.25, 0.3) is 0 Å². The summed E-state index contributed by atoms with van der Waals surface area (Å²) < 4.78 is 0. The van der Waals surface area contributed by atoms with Crippen LogP contribution in [0.2, 0.25) is 0 Å². The molecule has 5 heteroatoms. The molecular weight excluding hydrogens is 254 g/mol. The number of nitrogens with zero attached hydrogens (tertiary/aromatic N) is 2. The van der Waals surface area contributed by atoms with Crippen molar-refractivity contribution in [1.29, 1.82) is 0 Å². The zero-order chi connectivity index (χ0) is 14.5. The highest BCUT2D eigenvalue weighted by Gasteiger charge is 2.25. The number of nitrogens with one attached hydrogen (secondary N) is 1. The lowest BCUT2D eigenvalue weighted by molar-refractivity contribution is -0.133. The van der Waals surface area contributed by atoms with Gasteiger partial charge in [0, 0.05) is 38.1 Å². The molecule has 1 N–H and O–H groups in total. The van der Waals surface area contributed by atoms with Crippen molar-refractivity contribution in [3.8, 4) is 0 Å². The minimum atomic E-state index is -0.0300. The number of piperidine rings is 1. The molecule has 2 saturated heterocycles. The first-order chi connectivity index (χ1) is 9.58. The zero-order valence-electron chi connectivity index (χ0n) is 12.7. The van der Waals surface area contributed by atoms with E-state index in [2.05, 4.69) is 24.1 Å². The van der Waals surface area contributed by atoms with E-state index >= 15 is 0 Å². The fourth-order valence-corrected chi connectivity index (χ4v) is 3.34. The second-order valence-corrected chi connectivity index (χ2v) is 6.14. The largest absolute Gasteiger partial charge is 0.353 e. The van der Waals surface area contributed by atoms with E-state index in [4.69, 9.17) is 0 Å². The Bertz CT molecular complexity index is 349. The van der Waals surface area contributed by atoms with Crippen molar-refractivity contribution < 1.29 is 9.59 Å². The molecule has 0 saturated carbocycles. The molecule has 0 aromatic heterocycles. The van der Waals surface area contributed by atoms with Crippen molar-refractivity contribution in [1.82, 2.24) is 15.1 Å². The molecule has 0 aromatic carbocycles. The molecule has 0 aliphatic carbocycles. The maximum absolute atomic E-state index is 11.8. The fourth-order valence-electron chi connectivity index (χ4n) is 3.34. The number of likely N-dealkylation sites (tertiary alicyclic amines) is 2.